The smallest absolute Gasteiger partial charge is 0.101 e. The van der Waals surface area contributed by atoms with E-state index in [0.29, 0.717) is 16.9 Å². The van der Waals surface area contributed by atoms with Crippen LogP contribution in [0.1, 0.15) is 17.3 Å². The molecule has 1 aromatic heterocycles. The number of para-hydroxylation sites is 1. The molecule has 1 aromatic carbocycles. The number of nitrogens with two attached hydrogens (primary N) is 1. The van der Waals surface area contributed by atoms with Crippen molar-refractivity contribution in [1.82, 2.24) is 9.55 Å². The van der Waals surface area contributed by atoms with Gasteiger partial charge in [-0.2, -0.15) is 5.26 Å². The second-order valence-corrected chi connectivity index (χ2v) is 3.61. The van der Waals surface area contributed by atoms with Crippen LogP contribution < -0.4 is 5.73 Å². The highest BCUT2D eigenvalue weighted by atomic mass is 16.3. The first-order valence-electron chi connectivity index (χ1n) is 5.16. The Kier molecular flexibility index (Phi) is 3.19. The number of nitrogens with zero attached hydrogens (tertiary/aromatic N) is 3. The maximum absolute atomic E-state index is 9.07. The van der Waals surface area contributed by atoms with Gasteiger partial charge in [-0.05, 0) is 12.1 Å². The zero-order valence-electron chi connectivity index (χ0n) is 9.11. The normalized spacial score (nSPS) is 12.1. The Morgan fingerprint density at radius 1 is 1.47 bits per heavy atom. The van der Waals surface area contributed by atoms with Gasteiger partial charge in [0.05, 0.1) is 42.1 Å². The van der Waals surface area contributed by atoms with E-state index in [4.69, 9.17) is 16.1 Å². The molecule has 0 aliphatic heterocycles. The third kappa shape index (κ3) is 2.04. The second kappa shape index (κ2) is 4.78. The molecule has 1 unspecified atom stereocenters. The molecule has 2 rings (SSSR count). The van der Waals surface area contributed by atoms with Crippen molar-refractivity contribution in [3.05, 3.63) is 48.0 Å². The van der Waals surface area contributed by atoms with Gasteiger partial charge in [-0.1, -0.05) is 12.1 Å². The molecule has 86 valence electrons. The number of nitriles is 1. The molecule has 0 amide bonds. The van der Waals surface area contributed by atoms with E-state index in [1.54, 1.807) is 29.2 Å². The van der Waals surface area contributed by atoms with Gasteiger partial charge in [0.25, 0.3) is 0 Å². The number of hydrogen-bond donors (Lipinski definition) is 2. The van der Waals surface area contributed by atoms with Crippen LogP contribution in [0.15, 0.2) is 36.8 Å². The zero-order valence-corrected chi connectivity index (χ0v) is 9.11. The average Bonchev–Trinajstić information content (AvgIpc) is 2.86. The van der Waals surface area contributed by atoms with Crippen LogP contribution in [0.3, 0.4) is 0 Å². The predicted octanol–water partition coefficient (Wildman–Crippen LogP) is 0.736. The van der Waals surface area contributed by atoms with Crippen molar-refractivity contribution >= 4 is 0 Å². The SMILES string of the molecule is N#Cc1ccccc1-n1cncc1C(N)CO. The second-order valence-electron chi connectivity index (χ2n) is 3.61. The molecule has 0 saturated carbocycles. The van der Waals surface area contributed by atoms with E-state index in [-0.39, 0.29) is 6.61 Å². The van der Waals surface area contributed by atoms with E-state index < -0.39 is 6.04 Å². The summed E-state index contributed by atoms with van der Waals surface area (Å²) in [5.41, 5.74) is 7.70. The summed E-state index contributed by atoms with van der Waals surface area (Å²) in [7, 11) is 0. The van der Waals surface area contributed by atoms with Gasteiger partial charge in [-0.3, -0.25) is 0 Å². The van der Waals surface area contributed by atoms with Gasteiger partial charge in [0.1, 0.15) is 6.07 Å². The van der Waals surface area contributed by atoms with Crippen LogP contribution in [-0.4, -0.2) is 21.3 Å². The Morgan fingerprint density at radius 3 is 2.94 bits per heavy atom. The number of aliphatic hydroxyl groups is 1. The van der Waals surface area contributed by atoms with Crippen LogP contribution >= 0.6 is 0 Å². The van der Waals surface area contributed by atoms with Gasteiger partial charge in [0, 0.05) is 0 Å². The van der Waals surface area contributed by atoms with E-state index in [1.807, 2.05) is 12.1 Å². The molecule has 2 aromatic rings. The summed E-state index contributed by atoms with van der Waals surface area (Å²) in [4.78, 5) is 4.01. The molecule has 0 aliphatic rings. The lowest BCUT2D eigenvalue weighted by atomic mass is 10.1. The highest BCUT2D eigenvalue weighted by Crippen LogP contribution is 2.18. The van der Waals surface area contributed by atoms with Crippen molar-refractivity contribution in [2.45, 2.75) is 6.04 Å². The monoisotopic (exact) mass is 228 g/mol. The van der Waals surface area contributed by atoms with Crippen molar-refractivity contribution in [2.24, 2.45) is 5.73 Å². The zero-order chi connectivity index (χ0) is 12.3. The molecule has 5 nitrogen and oxygen atoms in total. The minimum absolute atomic E-state index is 0.166. The van der Waals surface area contributed by atoms with E-state index in [9.17, 15) is 0 Å². The summed E-state index contributed by atoms with van der Waals surface area (Å²) in [5.74, 6) is 0. The summed E-state index contributed by atoms with van der Waals surface area (Å²) >= 11 is 0. The summed E-state index contributed by atoms with van der Waals surface area (Å²) in [6.45, 7) is -0.166. The topological polar surface area (TPSA) is 87.9 Å². The van der Waals surface area contributed by atoms with Crippen molar-refractivity contribution in [1.29, 1.82) is 5.26 Å². The lowest BCUT2D eigenvalue weighted by molar-refractivity contribution is 0.265. The molecule has 0 bridgehead atoms. The Balaban J connectivity index is 2.54. The van der Waals surface area contributed by atoms with Gasteiger partial charge < -0.3 is 15.4 Å². The van der Waals surface area contributed by atoms with Crippen molar-refractivity contribution in [3.63, 3.8) is 0 Å². The molecular formula is C12H12N4O. The van der Waals surface area contributed by atoms with Crippen LogP contribution in [0.2, 0.25) is 0 Å². The maximum Gasteiger partial charge on any atom is 0.101 e. The number of imidazole rings is 1. The molecule has 0 radical (unpaired) electrons. The van der Waals surface area contributed by atoms with Crippen LogP contribution in [0.4, 0.5) is 0 Å². The van der Waals surface area contributed by atoms with Crippen LogP contribution in [-0.2, 0) is 0 Å². The molecule has 0 fully saturated rings. The predicted molar refractivity (Wildman–Crippen MR) is 62.3 cm³/mol. The molecule has 17 heavy (non-hydrogen) atoms. The van der Waals surface area contributed by atoms with Gasteiger partial charge in [0.2, 0.25) is 0 Å². The van der Waals surface area contributed by atoms with Crippen molar-refractivity contribution in [3.8, 4) is 11.8 Å². The molecule has 1 atom stereocenters. The molecule has 0 spiro atoms. The van der Waals surface area contributed by atoms with Crippen LogP contribution in [0, 0.1) is 11.3 Å². The van der Waals surface area contributed by atoms with E-state index >= 15 is 0 Å². The van der Waals surface area contributed by atoms with Crippen molar-refractivity contribution in [2.75, 3.05) is 6.61 Å². The quantitative estimate of drug-likeness (QED) is 0.810. The number of rotatable bonds is 3. The molecule has 0 saturated heterocycles. The number of aliphatic hydroxyl groups excluding tert-OH is 1. The number of aromatic nitrogens is 2. The number of benzene rings is 1. The van der Waals surface area contributed by atoms with Gasteiger partial charge in [-0.25, -0.2) is 4.98 Å². The van der Waals surface area contributed by atoms with Crippen LogP contribution in [0.25, 0.3) is 5.69 Å². The fourth-order valence-corrected chi connectivity index (χ4v) is 1.65. The van der Waals surface area contributed by atoms with Gasteiger partial charge >= 0.3 is 0 Å². The minimum atomic E-state index is -0.510. The third-order valence-corrected chi connectivity index (χ3v) is 2.53. The molecule has 3 N–H and O–H groups in total. The Hall–Kier alpha value is -2.16. The first kappa shape index (κ1) is 11.3. The highest BCUT2D eigenvalue weighted by Gasteiger charge is 2.13. The first-order valence-corrected chi connectivity index (χ1v) is 5.16. The standard InChI is InChI=1S/C12H12N4O/c13-5-9-3-1-2-4-11(9)16-8-15-6-12(16)10(14)7-17/h1-4,6,8,10,17H,7,14H2. The molecule has 0 aliphatic carbocycles. The number of hydrogen-bond acceptors (Lipinski definition) is 4. The average molecular weight is 228 g/mol. The summed E-state index contributed by atoms with van der Waals surface area (Å²) in [5, 5.41) is 18.1. The Morgan fingerprint density at radius 2 is 2.24 bits per heavy atom. The minimum Gasteiger partial charge on any atom is -0.394 e. The summed E-state index contributed by atoms with van der Waals surface area (Å²) in [6.07, 6.45) is 3.18. The van der Waals surface area contributed by atoms with E-state index in [1.165, 1.54) is 0 Å². The third-order valence-electron chi connectivity index (χ3n) is 2.53. The lowest BCUT2D eigenvalue weighted by Crippen LogP contribution is -2.18. The fraction of sp³-hybridized carbons (Fsp3) is 0.167. The fourth-order valence-electron chi connectivity index (χ4n) is 1.65. The van der Waals surface area contributed by atoms with E-state index in [2.05, 4.69) is 11.1 Å². The summed E-state index contributed by atoms with van der Waals surface area (Å²) in [6, 6.07) is 8.78. The summed E-state index contributed by atoms with van der Waals surface area (Å²) < 4.78 is 1.72. The first-order chi connectivity index (χ1) is 8.27. The van der Waals surface area contributed by atoms with Gasteiger partial charge in [0.15, 0.2) is 0 Å². The highest BCUT2D eigenvalue weighted by molar-refractivity contribution is 5.49. The largest absolute Gasteiger partial charge is 0.394 e. The Bertz CT molecular complexity index is 556. The van der Waals surface area contributed by atoms with Crippen molar-refractivity contribution < 1.29 is 5.11 Å². The van der Waals surface area contributed by atoms with Gasteiger partial charge in [-0.15, -0.1) is 0 Å². The maximum atomic E-state index is 9.07. The lowest BCUT2D eigenvalue weighted by Gasteiger charge is -2.13. The van der Waals surface area contributed by atoms with Crippen LogP contribution in [0.5, 0.6) is 0 Å². The molecule has 1 heterocycles. The van der Waals surface area contributed by atoms with E-state index in [0.717, 1.165) is 0 Å². The molecule has 5 heteroatoms. The molecular weight excluding hydrogens is 216 g/mol. The Labute approximate surface area is 98.7 Å².